The van der Waals surface area contributed by atoms with Gasteiger partial charge >= 0.3 is 0 Å². The Morgan fingerprint density at radius 1 is 0.917 bits per heavy atom. The van der Waals surface area contributed by atoms with E-state index >= 15 is 0 Å². The SMILES string of the molecule is COc1ccc(NS(=O)(=O)c2ccc(CCCCNC(=O)COCc3ccc(F)cc3)cc2)cc1F. The first-order valence-corrected chi connectivity index (χ1v) is 12.8. The zero-order chi connectivity index (χ0) is 26.0. The Morgan fingerprint density at radius 3 is 2.28 bits per heavy atom. The van der Waals surface area contributed by atoms with Crippen molar-refractivity contribution in [1.82, 2.24) is 5.32 Å². The van der Waals surface area contributed by atoms with Gasteiger partial charge < -0.3 is 14.8 Å². The maximum absolute atomic E-state index is 13.8. The molecule has 192 valence electrons. The molecule has 0 bridgehead atoms. The molecule has 0 atom stereocenters. The number of unbranched alkanes of at least 4 members (excludes halogenated alkanes) is 1. The Hall–Kier alpha value is -3.50. The third kappa shape index (κ3) is 8.31. The largest absolute Gasteiger partial charge is 0.494 e. The number of carbonyl (C=O) groups is 1. The van der Waals surface area contributed by atoms with Gasteiger partial charge in [-0.2, -0.15) is 0 Å². The number of hydrogen-bond acceptors (Lipinski definition) is 5. The minimum absolute atomic E-state index is 0.0251. The molecule has 0 aliphatic carbocycles. The van der Waals surface area contributed by atoms with Crippen LogP contribution >= 0.6 is 0 Å². The highest BCUT2D eigenvalue weighted by Gasteiger charge is 2.15. The summed E-state index contributed by atoms with van der Waals surface area (Å²) in [5.41, 5.74) is 1.84. The summed E-state index contributed by atoms with van der Waals surface area (Å²) in [7, 11) is -2.54. The number of sulfonamides is 1. The molecule has 3 rings (SSSR count). The van der Waals surface area contributed by atoms with E-state index in [2.05, 4.69) is 10.0 Å². The van der Waals surface area contributed by atoms with Gasteiger partial charge in [0.15, 0.2) is 11.6 Å². The summed E-state index contributed by atoms with van der Waals surface area (Å²) >= 11 is 0. The summed E-state index contributed by atoms with van der Waals surface area (Å²) in [5.74, 6) is -1.19. The first kappa shape index (κ1) is 27.1. The normalized spacial score (nSPS) is 11.2. The fourth-order valence-corrected chi connectivity index (χ4v) is 4.40. The number of rotatable bonds is 13. The summed E-state index contributed by atoms with van der Waals surface area (Å²) in [4.78, 5) is 11.9. The average Bonchev–Trinajstić information content (AvgIpc) is 2.85. The van der Waals surface area contributed by atoms with Gasteiger partial charge in [-0.1, -0.05) is 24.3 Å². The Bertz CT molecular complexity index is 1250. The van der Waals surface area contributed by atoms with Crippen LogP contribution in [0, 0.1) is 11.6 Å². The summed E-state index contributed by atoms with van der Waals surface area (Å²) in [6, 6.07) is 16.2. The first-order chi connectivity index (χ1) is 17.3. The summed E-state index contributed by atoms with van der Waals surface area (Å²) < 4.78 is 64.4. The van der Waals surface area contributed by atoms with Crippen LogP contribution in [-0.4, -0.2) is 34.6 Å². The molecule has 3 aromatic rings. The molecule has 0 aliphatic rings. The van der Waals surface area contributed by atoms with Crippen molar-refractivity contribution in [3.05, 3.63) is 89.5 Å². The molecule has 3 aromatic carbocycles. The van der Waals surface area contributed by atoms with E-state index < -0.39 is 15.8 Å². The maximum Gasteiger partial charge on any atom is 0.261 e. The Kier molecular flexibility index (Phi) is 9.77. The van der Waals surface area contributed by atoms with Crippen molar-refractivity contribution >= 4 is 21.6 Å². The van der Waals surface area contributed by atoms with Crippen LogP contribution in [0.1, 0.15) is 24.0 Å². The standard InChI is InChI=1S/C26H28F2N2O5S/c1-34-25-14-11-22(16-24(25)28)30-36(32,33)23-12-7-19(8-13-23)4-2-3-15-29-26(31)18-35-17-20-5-9-21(27)10-6-20/h5-14,16,30H,2-4,15,17-18H2,1H3,(H,29,31). The zero-order valence-corrected chi connectivity index (χ0v) is 20.6. The third-order valence-electron chi connectivity index (χ3n) is 5.27. The molecule has 0 fully saturated rings. The number of methoxy groups -OCH3 is 1. The number of halogens is 2. The fraction of sp³-hybridized carbons (Fsp3) is 0.269. The molecule has 36 heavy (non-hydrogen) atoms. The molecular formula is C26H28F2N2O5S. The van der Waals surface area contributed by atoms with E-state index in [4.69, 9.17) is 9.47 Å². The third-order valence-corrected chi connectivity index (χ3v) is 6.66. The van der Waals surface area contributed by atoms with Gasteiger partial charge in [0.1, 0.15) is 12.4 Å². The number of aryl methyl sites for hydroxylation is 1. The molecule has 0 aliphatic heterocycles. The summed E-state index contributed by atoms with van der Waals surface area (Å²) in [6.07, 6.45) is 2.26. The molecule has 7 nitrogen and oxygen atoms in total. The number of nitrogens with one attached hydrogen (secondary N) is 2. The van der Waals surface area contributed by atoms with Crippen LogP contribution in [0.25, 0.3) is 0 Å². The lowest BCUT2D eigenvalue weighted by Gasteiger charge is -2.10. The van der Waals surface area contributed by atoms with Crippen LogP contribution in [0.2, 0.25) is 0 Å². The zero-order valence-electron chi connectivity index (χ0n) is 19.8. The molecule has 1 amide bonds. The van der Waals surface area contributed by atoms with E-state index in [-0.39, 0.29) is 41.3 Å². The van der Waals surface area contributed by atoms with E-state index in [1.54, 1.807) is 24.3 Å². The van der Waals surface area contributed by atoms with Crippen LogP contribution in [0.5, 0.6) is 5.75 Å². The summed E-state index contributed by atoms with van der Waals surface area (Å²) in [6.45, 7) is 0.643. The second kappa shape index (κ2) is 13.0. The van der Waals surface area contributed by atoms with Crippen LogP contribution in [0.15, 0.2) is 71.6 Å². The number of anilines is 1. The first-order valence-electron chi connectivity index (χ1n) is 11.3. The second-order valence-corrected chi connectivity index (χ2v) is 9.71. The van der Waals surface area contributed by atoms with Gasteiger partial charge in [0.05, 0.1) is 24.3 Å². The van der Waals surface area contributed by atoms with Crippen molar-refractivity contribution in [2.75, 3.05) is 25.0 Å². The van der Waals surface area contributed by atoms with Crippen molar-refractivity contribution in [2.45, 2.75) is 30.8 Å². The number of hydrogen-bond donors (Lipinski definition) is 2. The molecular weight excluding hydrogens is 490 g/mol. The van der Waals surface area contributed by atoms with E-state index in [0.29, 0.717) is 13.0 Å². The minimum Gasteiger partial charge on any atom is -0.494 e. The highest BCUT2D eigenvalue weighted by atomic mass is 32.2. The molecule has 2 N–H and O–H groups in total. The number of amides is 1. The molecule has 0 spiro atoms. The van der Waals surface area contributed by atoms with Gasteiger partial charge in [-0.25, -0.2) is 17.2 Å². The molecule has 0 heterocycles. The van der Waals surface area contributed by atoms with Gasteiger partial charge in [-0.3, -0.25) is 9.52 Å². The highest BCUT2D eigenvalue weighted by molar-refractivity contribution is 7.92. The molecule has 0 saturated carbocycles. The fourth-order valence-electron chi connectivity index (χ4n) is 3.35. The molecule has 0 aromatic heterocycles. The van der Waals surface area contributed by atoms with Crippen LogP contribution < -0.4 is 14.8 Å². The Labute approximate surface area is 209 Å². The van der Waals surface area contributed by atoms with Crippen LogP contribution in [0.3, 0.4) is 0 Å². The lowest BCUT2D eigenvalue weighted by atomic mass is 10.1. The van der Waals surface area contributed by atoms with E-state index in [1.165, 1.54) is 43.5 Å². The van der Waals surface area contributed by atoms with Crippen LogP contribution in [0.4, 0.5) is 14.5 Å². The van der Waals surface area contributed by atoms with E-state index in [1.807, 2.05) is 0 Å². The van der Waals surface area contributed by atoms with E-state index in [9.17, 15) is 22.0 Å². The molecule has 0 radical (unpaired) electrons. The number of benzene rings is 3. The minimum atomic E-state index is -3.87. The van der Waals surface area contributed by atoms with Crippen molar-refractivity contribution in [3.8, 4) is 5.75 Å². The van der Waals surface area contributed by atoms with Crippen molar-refractivity contribution in [1.29, 1.82) is 0 Å². The molecule has 10 heteroatoms. The average molecular weight is 519 g/mol. The van der Waals surface area contributed by atoms with Gasteiger partial charge in [0.2, 0.25) is 5.91 Å². The van der Waals surface area contributed by atoms with Crippen molar-refractivity contribution < 1.29 is 31.5 Å². The van der Waals surface area contributed by atoms with Gasteiger partial charge in [-0.15, -0.1) is 0 Å². The Morgan fingerprint density at radius 2 is 1.61 bits per heavy atom. The predicted molar refractivity (Wildman–Crippen MR) is 132 cm³/mol. The quantitative estimate of drug-likeness (QED) is 0.327. The lowest BCUT2D eigenvalue weighted by Crippen LogP contribution is -2.28. The molecule has 0 saturated heterocycles. The smallest absolute Gasteiger partial charge is 0.261 e. The predicted octanol–water partition coefficient (Wildman–Crippen LogP) is 4.43. The van der Waals surface area contributed by atoms with Gasteiger partial charge in [-0.05, 0) is 66.8 Å². The second-order valence-electron chi connectivity index (χ2n) is 8.03. The van der Waals surface area contributed by atoms with Crippen LogP contribution in [-0.2, 0) is 32.6 Å². The summed E-state index contributed by atoms with van der Waals surface area (Å²) in [5, 5.41) is 2.78. The lowest BCUT2D eigenvalue weighted by molar-refractivity contribution is -0.126. The maximum atomic E-state index is 13.8. The van der Waals surface area contributed by atoms with Crippen molar-refractivity contribution in [3.63, 3.8) is 0 Å². The van der Waals surface area contributed by atoms with Gasteiger partial charge in [0.25, 0.3) is 10.0 Å². The monoisotopic (exact) mass is 518 g/mol. The van der Waals surface area contributed by atoms with Gasteiger partial charge in [0, 0.05) is 12.6 Å². The Balaban J connectivity index is 1.36. The number of ether oxygens (including phenoxy) is 2. The molecule has 0 unspecified atom stereocenters. The topological polar surface area (TPSA) is 93.7 Å². The highest BCUT2D eigenvalue weighted by Crippen LogP contribution is 2.23. The van der Waals surface area contributed by atoms with E-state index in [0.717, 1.165) is 30.0 Å². The number of carbonyl (C=O) groups excluding carboxylic acids is 1. The van der Waals surface area contributed by atoms with Crippen molar-refractivity contribution in [2.24, 2.45) is 0 Å².